The lowest BCUT2D eigenvalue weighted by Crippen LogP contribution is -2.49. The molecular formula is C19H20ClN7O5. The number of carbonyl (C=O) groups excluding carboxylic acids is 2. The normalized spacial score (nSPS) is 22.8. The fraction of sp³-hybridized carbons (Fsp3) is 0.316. The zero-order valence-corrected chi connectivity index (χ0v) is 17.5. The van der Waals surface area contributed by atoms with E-state index in [2.05, 4.69) is 20.3 Å². The molecule has 5 N–H and O–H groups in total. The third-order valence-electron chi connectivity index (χ3n) is 5.09. The molecule has 32 heavy (non-hydrogen) atoms. The Morgan fingerprint density at radius 1 is 1.25 bits per heavy atom. The summed E-state index contributed by atoms with van der Waals surface area (Å²) in [6, 6.07) is 5.79. The molecule has 12 nitrogen and oxygen atoms in total. The predicted octanol–water partition coefficient (Wildman–Crippen LogP) is 0.762. The van der Waals surface area contributed by atoms with Gasteiger partial charge in [-0.1, -0.05) is 23.7 Å². The second kappa shape index (κ2) is 8.67. The Labute approximate surface area is 186 Å². The minimum Gasteiger partial charge on any atom is -0.387 e. The van der Waals surface area contributed by atoms with Crippen LogP contribution in [-0.2, 0) is 9.53 Å². The van der Waals surface area contributed by atoms with Gasteiger partial charge in [0.25, 0.3) is 5.91 Å². The number of benzene rings is 1. The molecule has 1 aliphatic rings. The number of likely N-dealkylation sites (N-methyl/N-ethyl adjacent to an activating group) is 1. The standard InChI is InChI=1S/C19H20ClN7O5/c1-2-26(19(31)25-10-6-4-3-5-9(10)20)17(30)14-12(28)13(29)18(32-14)27-8-24-11-15(21)22-7-23-16(11)27/h3-8,12-14,18,28-29H,2H2,1H3,(H,25,31)(H2,21,22,23)/t12-,13+,14-,18+/m0/s1. The topological polar surface area (TPSA) is 169 Å². The number of nitrogen functional groups attached to an aromatic ring is 1. The monoisotopic (exact) mass is 461 g/mol. The van der Waals surface area contributed by atoms with Crippen LogP contribution in [0.25, 0.3) is 11.2 Å². The molecule has 168 valence electrons. The van der Waals surface area contributed by atoms with Crippen molar-refractivity contribution < 1.29 is 24.5 Å². The van der Waals surface area contributed by atoms with Crippen LogP contribution in [-0.4, -0.2) is 71.4 Å². The lowest BCUT2D eigenvalue weighted by molar-refractivity contribution is -0.145. The molecule has 4 rings (SSSR count). The van der Waals surface area contributed by atoms with E-state index in [9.17, 15) is 19.8 Å². The van der Waals surface area contributed by atoms with E-state index in [4.69, 9.17) is 22.1 Å². The van der Waals surface area contributed by atoms with Crippen molar-refractivity contribution in [2.45, 2.75) is 31.5 Å². The fourth-order valence-electron chi connectivity index (χ4n) is 3.45. The van der Waals surface area contributed by atoms with E-state index in [0.29, 0.717) is 10.7 Å². The van der Waals surface area contributed by atoms with Crippen molar-refractivity contribution in [1.29, 1.82) is 0 Å². The fourth-order valence-corrected chi connectivity index (χ4v) is 3.63. The van der Waals surface area contributed by atoms with Crippen molar-refractivity contribution in [3.63, 3.8) is 0 Å². The number of amides is 3. The van der Waals surface area contributed by atoms with Crippen LogP contribution >= 0.6 is 11.6 Å². The van der Waals surface area contributed by atoms with E-state index in [0.717, 1.165) is 4.90 Å². The Kier molecular flexibility index (Phi) is 5.93. The van der Waals surface area contributed by atoms with Crippen LogP contribution in [0.2, 0.25) is 5.02 Å². The van der Waals surface area contributed by atoms with E-state index in [1.165, 1.54) is 17.2 Å². The molecule has 4 atom stereocenters. The number of nitrogens with one attached hydrogen (secondary N) is 1. The summed E-state index contributed by atoms with van der Waals surface area (Å²) in [5.41, 5.74) is 6.63. The molecule has 3 heterocycles. The third kappa shape index (κ3) is 3.73. The molecule has 0 bridgehead atoms. The van der Waals surface area contributed by atoms with Crippen LogP contribution in [0.5, 0.6) is 0 Å². The zero-order chi connectivity index (χ0) is 23.0. The number of carbonyl (C=O) groups is 2. The van der Waals surface area contributed by atoms with Crippen molar-refractivity contribution in [3.05, 3.63) is 41.9 Å². The number of hydrogen-bond donors (Lipinski definition) is 4. The second-order valence-electron chi connectivity index (χ2n) is 7.00. The lowest BCUT2D eigenvalue weighted by atomic mass is 10.1. The zero-order valence-electron chi connectivity index (χ0n) is 16.8. The van der Waals surface area contributed by atoms with Crippen LogP contribution in [0.3, 0.4) is 0 Å². The van der Waals surface area contributed by atoms with Gasteiger partial charge < -0.3 is 26.0 Å². The van der Waals surface area contributed by atoms with Gasteiger partial charge >= 0.3 is 6.03 Å². The Hall–Kier alpha value is -3.32. The Morgan fingerprint density at radius 2 is 2.00 bits per heavy atom. The molecule has 1 saturated heterocycles. The highest BCUT2D eigenvalue weighted by molar-refractivity contribution is 6.33. The first kappa shape index (κ1) is 21.9. The number of fused-ring (bicyclic) bond motifs is 1. The largest absolute Gasteiger partial charge is 0.387 e. The summed E-state index contributed by atoms with van der Waals surface area (Å²) < 4.78 is 7.01. The number of imidazole rings is 1. The number of urea groups is 1. The predicted molar refractivity (Wildman–Crippen MR) is 114 cm³/mol. The lowest BCUT2D eigenvalue weighted by Gasteiger charge is -2.24. The van der Waals surface area contributed by atoms with Crippen LogP contribution in [0.1, 0.15) is 13.2 Å². The number of nitrogens with zero attached hydrogens (tertiary/aromatic N) is 5. The number of aliphatic hydroxyl groups excluding tert-OH is 2. The van der Waals surface area contributed by atoms with Crippen molar-refractivity contribution in [2.75, 3.05) is 17.6 Å². The summed E-state index contributed by atoms with van der Waals surface area (Å²) in [6.45, 7) is 1.57. The Balaban J connectivity index is 1.56. The minimum atomic E-state index is -1.61. The Morgan fingerprint density at radius 3 is 2.72 bits per heavy atom. The molecule has 1 aromatic carbocycles. The van der Waals surface area contributed by atoms with Gasteiger partial charge in [-0.3, -0.25) is 14.3 Å². The molecule has 0 unspecified atom stereocenters. The summed E-state index contributed by atoms with van der Waals surface area (Å²) in [6.07, 6.45) is -3.28. The number of halogens is 1. The van der Waals surface area contributed by atoms with Crippen LogP contribution in [0, 0.1) is 0 Å². The summed E-state index contributed by atoms with van der Waals surface area (Å²) >= 11 is 6.06. The highest BCUT2D eigenvalue weighted by atomic mass is 35.5. The van der Waals surface area contributed by atoms with Crippen molar-refractivity contribution in [2.24, 2.45) is 0 Å². The third-order valence-corrected chi connectivity index (χ3v) is 5.42. The van der Waals surface area contributed by atoms with Gasteiger partial charge in [-0.25, -0.2) is 19.7 Å². The molecular weight excluding hydrogens is 442 g/mol. The number of aliphatic hydroxyl groups is 2. The number of aromatic nitrogens is 4. The summed E-state index contributed by atoms with van der Waals surface area (Å²) in [5, 5.41) is 23.9. The molecule has 0 saturated carbocycles. The van der Waals surface area contributed by atoms with E-state index in [1.807, 2.05) is 0 Å². The quantitative estimate of drug-likeness (QED) is 0.438. The van der Waals surface area contributed by atoms with Gasteiger partial charge in [0, 0.05) is 6.54 Å². The van der Waals surface area contributed by atoms with Gasteiger partial charge in [0.05, 0.1) is 17.0 Å². The molecule has 1 aliphatic heterocycles. The summed E-state index contributed by atoms with van der Waals surface area (Å²) in [7, 11) is 0. The maximum absolute atomic E-state index is 13.0. The van der Waals surface area contributed by atoms with Crippen LogP contribution in [0.4, 0.5) is 16.3 Å². The maximum atomic E-state index is 13.0. The molecule has 2 aromatic heterocycles. The SMILES string of the molecule is CCN(C(=O)Nc1ccccc1Cl)C(=O)[C@H]1O[C@@H](n2cnc3c(N)ncnc32)[C@H](O)[C@@H]1O. The number of rotatable bonds is 4. The van der Waals surface area contributed by atoms with E-state index in [1.54, 1.807) is 31.2 Å². The van der Waals surface area contributed by atoms with Gasteiger partial charge in [0.1, 0.15) is 24.1 Å². The maximum Gasteiger partial charge on any atom is 0.328 e. The first-order valence-corrected chi connectivity index (χ1v) is 10.0. The van der Waals surface area contributed by atoms with Crippen LogP contribution in [0.15, 0.2) is 36.9 Å². The van der Waals surface area contributed by atoms with Crippen molar-refractivity contribution in [3.8, 4) is 0 Å². The van der Waals surface area contributed by atoms with Gasteiger partial charge in [-0.05, 0) is 19.1 Å². The van der Waals surface area contributed by atoms with Gasteiger partial charge in [0.2, 0.25) is 0 Å². The van der Waals surface area contributed by atoms with Gasteiger partial charge in [0.15, 0.2) is 23.8 Å². The number of para-hydroxylation sites is 1. The van der Waals surface area contributed by atoms with Crippen molar-refractivity contribution in [1.82, 2.24) is 24.4 Å². The average molecular weight is 462 g/mol. The van der Waals surface area contributed by atoms with E-state index >= 15 is 0 Å². The summed E-state index contributed by atoms with van der Waals surface area (Å²) in [5.74, 6) is -0.701. The molecule has 13 heteroatoms. The first-order chi connectivity index (χ1) is 15.3. The van der Waals surface area contributed by atoms with Crippen LogP contribution < -0.4 is 11.1 Å². The highest BCUT2D eigenvalue weighted by Gasteiger charge is 2.49. The number of hydrogen-bond acceptors (Lipinski definition) is 9. The smallest absolute Gasteiger partial charge is 0.328 e. The minimum absolute atomic E-state index is 0.0137. The number of nitrogens with two attached hydrogens (primary N) is 1. The van der Waals surface area contributed by atoms with E-state index in [-0.39, 0.29) is 23.5 Å². The molecule has 0 radical (unpaired) electrons. The highest BCUT2D eigenvalue weighted by Crippen LogP contribution is 2.33. The number of ether oxygens (including phenoxy) is 1. The molecule has 1 fully saturated rings. The molecule has 0 aliphatic carbocycles. The first-order valence-electron chi connectivity index (χ1n) is 9.65. The molecule has 3 amide bonds. The average Bonchev–Trinajstić information content (AvgIpc) is 3.32. The summed E-state index contributed by atoms with van der Waals surface area (Å²) in [4.78, 5) is 38.6. The van der Waals surface area contributed by atoms with E-state index < -0.39 is 36.5 Å². The number of imide groups is 1. The molecule has 0 spiro atoms. The van der Waals surface area contributed by atoms with Gasteiger partial charge in [-0.15, -0.1) is 0 Å². The van der Waals surface area contributed by atoms with Gasteiger partial charge in [-0.2, -0.15) is 0 Å². The Bertz CT molecular complexity index is 1170. The molecule has 3 aromatic rings. The number of anilines is 2. The van der Waals surface area contributed by atoms with Crippen molar-refractivity contribution >= 4 is 46.2 Å². The second-order valence-corrected chi connectivity index (χ2v) is 7.41.